The minimum atomic E-state index is -0.706. The summed E-state index contributed by atoms with van der Waals surface area (Å²) in [5.41, 5.74) is -0.706. The normalized spacial score (nSPS) is 22.3. The number of rotatable bonds is 2. The predicted molar refractivity (Wildman–Crippen MR) is 56.8 cm³/mol. The van der Waals surface area contributed by atoms with Crippen molar-refractivity contribution in [3.05, 3.63) is 0 Å². The molecule has 1 rings (SSSR count). The van der Waals surface area contributed by atoms with E-state index in [2.05, 4.69) is 11.2 Å². The Morgan fingerprint density at radius 2 is 2.20 bits per heavy atom. The van der Waals surface area contributed by atoms with Gasteiger partial charge in [-0.2, -0.15) is 0 Å². The Bertz CT molecular complexity index is 328. The standard InChI is InChI=1S/C11H16N2O2/c1-5-8-10(15)13(7-9(14)12-8)11(3,4)6-2/h2,8H,5,7H2,1,3-4H3,(H,12,14). The Labute approximate surface area is 90.0 Å². The monoisotopic (exact) mass is 208 g/mol. The first-order valence-electron chi connectivity index (χ1n) is 5.01. The zero-order chi connectivity index (χ0) is 11.6. The zero-order valence-electron chi connectivity index (χ0n) is 9.33. The van der Waals surface area contributed by atoms with Crippen molar-refractivity contribution < 1.29 is 9.59 Å². The van der Waals surface area contributed by atoms with Crippen LogP contribution in [0.1, 0.15) is 27.2 Å². The van der Waals surface area contributed by atoms with Gasteiger partial charge < -0.3 is 10.2 Å². The van der Waals surface area contributed by atoms with Crippen LogP contribution in [0.15, 0.2) is 0 Å². The molecule has 0 spiro atoms. The van der Waals surface area contributed by atoms with Gasteiger partial charge in [0.1, 0.15) is 12.6 Å². The van der Waals surface area contributed by atoms with Crippen LogP contribution in [-0.4, -0.2) is 34.8 Å². The Kier molecular flexibility index (Phi) is 3.04. The third-order valence-corrected chi connectivity index (χ3v) is 2.64. The molecule has 1 atom stereocenters. The second kappa shape index (κ2) is 3.93. The van der Waals surface area contributed by atoms with E-state index in [1.807, 2.05) is 6.92 Å². The lowest BCUT2D eigenvalue weighted by Gasteiger charge is -2.40. The highest BCUT2D eigenvalue weighted by Gasteiger charge is 2.38. The van der Waals surface area contributed by atoms with Gasteiger partial charge in [-0.3, -0.25) is 9.59 Å². The lowest BCUT2D eigenvalue weighted by atomic mass is 10.00. The van der Waals surface area contributed by atoms with Crippen LogP contribution in [0.3, 0.4) is 0 Å². The number of carbonyl (C=O) groups is 2. The van der Waals surface area contributed by atoms with Gasteiger partial charge in [-0.05, 0) is 20.3 Å². The third kappa shape index (κ3) is 2.12. The molecule has 1 heterocycles. The number of carbonyl (C=O) groups excluding carboxylic acids is 2. The second-order valence-corrected chi connectivity index (χ2v) is 4.16. The van der Waals surface area contributed by atoms with E-state index in [-0.39, 0.29) is 18.4 Å². The third-order valence-electron chi connectivity index (χ3n) is 2.64. The summed E-state index contributed by atoms with van der Waals surface area (Å²) in [5.74, 6) is 2.29. The molecule has 2 amide bonds. The van der Waals surface area contributed by atoms with Crippen molar-refractivity contribution in [2.45, 2.75) is 38.8 Å². The van der Waals surface area contributed by atoms with Crippen molar-refractivity contribution in [3.8, 4) is 12.3 Å². The largest absolute Gasteiger partial charge is 0.343 e. The fourth-order valence-corrected chi connectivity index (χ4v) is 1.54. The summed E-state index contributed by atoms with van der Waals surface area (Å²) in [5, 5.41) is 2.64. The van der Waals surface area contributed by atoms with Crippen molar-refractivity contribution >= 4 is 11.8 Å². The molecule has 1 aliphatic heterocycles. The molecular formula is C11H16N2O2. The smallest absolute Gasteiger partial charge is 0.246 e. The van der Waals surface area contributed by atoms with E-state index in [0.29, 0.717) is 6.42 Å². The van der Waals surface area contributed by atoms with Crippen molar-refractivity contribution in [1.82, 2.24) is 10.2 Å². The minimum Gasteiger partial charge on any atom is -0.343 e. The fraction of sp³-hybridized carbons (Fsp3) is 0.636. The highest BCUT2D eigenvalue weighted by Crippen LogP contribution is 2.17. The van der Waals surface area contributed by atoms with E-state index in [0.717, 1.165) is 0 Å². The van der Waals surface area contributed by atoms with Crippen LogP contribution in [-0.2, 0) is 9.59 Å². The molecule has 0 aromatic heterocycles. The first-order valence-corrected chi connectivity index (χ1v) is 5.01. The molecule has 0 aromatic rings. The van der Waals surface area contributed by atoms with Crippen LogP contribution in [0.2, 0.25) is 0 Å². The molecule has 82 valence electrons. The number of terminal acetylenes is 1. The van der Waals surface area contributed by atoms with Gasteiger partial charge in [-0.25, -0.2) is 0 Å². The maximum absolute atomic E-state index is 11.9. The fourth-order valence-electron chi connectivity index (χ4n) is 1.54. The molecule has 0 radical (unpaired) electrons. The first kappa shape index (κ1) is 11.6. The van der Waals surface area contributed by atoms with Gasteiger partial charge in [0.25, 0.3) is 0 Å². The molecule has 4 nitrogen and oxygen atoms in total. The molecule has 1 aliphatic rings. The summed E-state index contributed by atoms with van der Waals surface area (Å²) in [6.45, 7) is 5.42. The number of nitrogens with one attached hydrogen (secondary N) is 1. The average molecular weight is 208 g/mol. The zero-order valence-corrected chi connectivity index (χ0v) is 9.33. The molecule has 0 bridgehead atoms. The van der Waals surface area contributed by atoms with Gasteiger partial charge in [-0.1, -0.05) is 12.8 Å². The highest BCUT2D eigenvalue weighted by atomic mass is 16.2. The molecule has 4 heteroatoms. The maximum atomic E-state index is 11.9. The molecule has 1 saturated heterocycles. The van der Waals surface area contributed by atoms with E-state index in [9.17, 15) is 9.59 Å². The first-order chi connectivity index (χ1) is 6.92. The van der Waals surface area contributed by atoms with Crippen molar-refractivity contribution in [1.29, 1.82) is 0 Å². The summed E-state index contributed by atoms with van der Waals surface area (Å²) in [6, 6.07) is -0.432. The van der Waals surface area contributed by atoms with Crippen LogP contribution < -0.4 is 5.32 Å². The van der Waals surface area contributed by atoms with E-state index in [4.69, 9.17) is 6.42 Å². The molecule has 1 unspecified atom stereocenters. The van der Waals surface area contributed by atoms with E-state index < -0.39 is 11.6 Å². The van der Waals surface area contributed by atoms with Crippen LogP contribution in [0.25, 0.3) is 0 Å². The van der Waals surface area contributed by atoms with Crippen LogP contribution in [0, 0.1) is 12.3 Å². The Morgan fingerprint density at radius 3 is 2.67 bits per heavy atom. The lowest BCUT2D eigenvalue weighted by molar-refractivity contribution is -0.147. The van der Waals surface area contributed by atoms with Gasteiger partial charge in [0.05, 0.1) is 5.54 Å². The predicted octanol–water partition coefficient (Wildman–Crippen LogP) is 0.135. The number of hydrogen-bond acceptors (Lipinski definition) is 2. The Hall–Kier alpha value is -1.50. The summed E-state index contributed by atoms with van der Waals surface area (Å²) in [7, 11) is 0. The second-order valence-electron chi connectivity index (χ2n) is 4.16. The maximum Gasteiger partial charge on any atom is 0.246 e. The molecule has 1 fully saturated rings. The van der Waals surface area contributed by atoms with Crippen molar-refractivity contribution in [3.63, 3.8) is 0 Å². The van der Waals surface area contributed by atoms with E-state index in [1.54, 1.807) is 13.8 Å². The van der Waals surface area contributed by atoms with Gasteiger partial charge in [0, 0.05) is 0 Å². The number of amides is 2. The topological polar surface area (TPSA) is 49.4 Å². The Morgan fingerprint density at radius 1 is 1.60 bits per heavy atom. The minimum absolute atomic E-state index is 0.0481. The number of piperazine rings is 1. The van der Waals surface area contributed by atoms with Crippen LogP contribution >= 0.6 is 0 Å². The van der Waals surface area contributed by atoms with Crippen LogP contribution in [0.5, 0.6) is 0 Å². The molecular weight excluding hydrogens is 192 g/mol. The van der Waals surface area contributed by atoms with Crippen molar-refractivity contribution in [2.24, 2.45) is 0 Å². The van der Waals surface area contributed by atoms with Gasteiger partial charge in [0.15, 0.2) is 0 Å². The number of hydrogen-bond donors (Lipinski definition) is 1. The summed E-state index contributed by atoms with van der Waals surface area (Å²) in [6.07, 6.45) is 5.94. The van der Waals surface area contributed by atoms with Gasteiger partial charge in [-0.15, -0.1) is 6.42 Å². The summed E-state index contributed by atoms with van der Waals surface area (Å²) < 4.78 is 0. The van der Waals surface area contributed by atoms with E-state index in [1.165, 1.54) is 4.90 Å². The van der Waals surface area contributed by atoms with Gasteiger partial charge in [0.2, 0.25) is 11.8 Å². The number of nitrogens with zero attached hydrogens (tertiary/aromatic N) is 1. The molecule has 0 aliphatic carbocycles. The Balaban J connectivity index is 2.94. The summed E-state index contributed by atoms with van der Waals surface area (Å²) >= 11 is 0. The average Bonchev–Trinajstić information content (AvgIpc) is 2.20. The van der Waals surface area contributed by atoms with Crippen LogP contribution in [0.4, 0.5) is 0 Å². The van der Waals surface area contributed by atoms with Gasteiger partial charge >= 0.3 is 0 Å². The molecule has 15 heavy (non-hydrogen) atoms. The van der Waals surface area contributed by atoms with E-state index >= 15 is 0 Å². The quantitative estimate of drug-likeness (QED) is 0.656. The molecule has 0 saturated carbocycles. The molecule has 1 N–H and O–H groups in total. The SMILES string of the molecule is C#CC(C)(C)N1CC(=O)NC(CC)C1=O. The molecule has 0 aromatic carbocycles. The van der Waals surface area contributed by atoms with Crippen molar-refractivity contribution in [2.75, 3.05) is 6.54 Å². The summed E-state index contributed by atoms with van der Waals surface area (Å²) in [4.78, 5) is 24.8. The highest BCUT2D eigenvalue weighted by molar-refractivity contribution is 5.95. The lowest BCUT2D eigenvalue weighted by Crippen LogP contribution is -2.63.